The standard InChI is InChI=1S/C19H28N2O.ClH/c1-15-4-6-16(7-5-15)8-9-17-10-13-21(14-11-17)19(22)18-3-2-12-20-18;/h4-7,17-18,20H,2-3,8-14H2,1H3;1H. The second kappa shape index (κ2) is 8.70. The fraction of sp³-hybridized carbons (Fsp3) is 0.632. The monoisotopic (exact) mass is 336 g/mol. The van der Waals surface area contributed by atoms with Crippen LogP contribution >= 0.6 is 12.4 Å². The van der Waals surface area contributed by atoms with Gasteiger partial charge in [0.05, 0.1) is 6.04 Å². The van der Waals surface area contributed by atoms with Gasteiger partial charge in [-0.05, 0) is 63.5 Å². The first-order valence-electron chi connectivity index (χ1n) is 8.80. The smallest absolute Gasteiger partial charge is 0.239 e. The molecular weight excluding hydrogens is 308 g/mol. The van der Waals surface area contributed by atoms with E-state index in [1.165, 1.54) is 36.8 Å². The number of piperidine rings is 1. The zero-order valence-electron chi connectivity index (χ0n) is 14.1. The topological polar surface area (TPSA) is 32.3 Å². The van der Waals surface area contributed by atoms with E-state index in [9.17, 15) is 4.79 Å². The zero-order chi connectivity index (χ0) is 15.4. The Bertz CT molecular complexity index is 489. The molecule has 3 rings (SSSR count). The van der Waals surface area contributed by atoms with Gasteiger partial charge < -0.3 is 10.2 Å². The molecule has 1 aromatic rings. The minimum atomic E-state index is 0. The van der Waals surface area contributed by atoms with Gasteiger partial charge in [0.2, 0.25) is 5.91 Å². The molecule has 128 valence electrons. The fourth-order valence-corrected chi connectivity index (χ4v) is 3.68. The highest BCUT2D eigenvalue weighted by molar-refractivity contribution is 5.85. The van der Waals surface area contributed by atoms with Crippen LogP contribution in [-0.4, -0.2) is 36.5 Å². The molecule has 2 heterocycles. The van der Waals surface area contributed by atoms with E-state index in [1.807, 2.05) is 0 Å². The summed E-state index contributed by atoms with van der Waals surface area (Å²) >= 11 is 0. The molecule has 0 spiro atoms. The van der Waals surface area contributed by atoms with Crippen LogP contribution in [0.4, 0.5) is 0 Å². The maximum absolute atomic E-state index is 12.4. The van der Waals surface area contributed by atoms with Gasteiger partial charge in [0.15, 0.2) is 0 Å². The summed E-state index contributed by atoms with van der Waals surface area (Å²) in [4.78, 5) is 14.5. The summed E-state index contributed by atoms with van der Waals surface area (Å²) in [5.74, 6) is 1.12. The molecule has 1 atom stereocenters. The SMILES string of the molecule is Cc1ccc(CCC2CCN(C(=O)C3CCCN3)CC2)cc1.Cl. The molecule has 23 heavy (non-hydrogen) atoms. The number of nitrogens with zero attached hydrogens (tertiary/aromatic N) is 1. The van der Waals surface area contributed by atoms with Gasteiger partial charge in [-0.25, -0.2) is 0 Å². The van der Waals surface area contributed by atoms with Crippen LogP contribution in [0.25, 0.3) is 0 Å². The second-order valence-electron chi connectivity index (χ2n) is 6.94. The molecule has 3 nitrogen and oxygen atoms in total. The van der Waals surface area contributed by atoms with Crippen LogP contribution in [0.5, 0.6) is 0 Å². The lowest BCUT2D eigenvalue weighted by Gasteiger charge is -2.33. The molecule has 0 aliphatic carbocycles. The van der Waals surface area contributed by atoms with Crippen LogP contribution in [0, 0.1) is 12.8 Å². The third-order valence-corrected chi connectivity index (χ3v) is 5.25. The summed E-state index contributed by atoms with van der Waals surface area (Å²) in [5.41, 5.74) is 2.77. The summed E-state index contributed by atoms with van der Waals surface area (Å²) in [6.45, 7) is 5.05. The summed E-state index contributed by atoms with van der Waals surface area (Å²) in [6.07, 6.45) is 6.93. The largest absolute Gasteiger partial charge is 0.341 e. The lowest BCUT2D eigenvalue weighted by Crippen LogP contribution is -2.47. The van der Waals surface area contributed by atoms with E-state index in [0.29, 0.717) is 5.91 Å². The van der Waals surface area contributed by atoms with Crippen molar-refractivity contribution >= 4 is 18.3 Å². The molecule has 4 heteroatoms. The molecule has 0 bridgehead atoms. The van der Waals surface area contributed by atoms with Gasteiger partial charge in [-0.1, -0.05) is 29.8 Å². The van der Waals surface area contributed by atoms with Crippen molar-refractivity contribution in [2.75, 3.05) is 19.6 Å². The Hall–Kier alpha value is -1.06. The summed E-state index contributed by atoms with van der Waals surface area (Å²) < 4.78 is 0. The van der Waals surface area contributed by atoms with E-state index in [4.69, 9.17) is 0 Å². The van der Waals surface area contributed by atoms with Gasteiger partial charge in [0, 0.05) is 13.1 Å². The maximum Gasteiger partial charge on any atom is 0.239 e. The Kier molecular flexibility index (Phi) is 6.91. The van der Waals surface area contributed by atoms with Crippen molar-refractivity contribution in [3.05, 3.63) is 35.4 Å². The Morgan fingerprint density at radius 3 is 2.48 bits per heavy atom. The van der Waals surface area contributed by atoms with Gasteiger partial charge in [-0.3, -0.25) is 4.79 Å². The zero-order valence-corrected chi connectivity index (χ0v) is 14.9. The van der Waals surface area contributed by atoms with Crippen LogP contribution in [0.15, 0.2) is 24.3 Å². The van der Waals surface area contributed by atoms with Crippen molar-refractivity contribution in [1.29, 1.82) is 0 Å². The number of benzene rings is 1. The third kappa shape index (κ3) is 4.95. The molecule has 0 saturated carbocycles. The molecule has 1 N–H and O–H groups in total. The van der Waals surface area contributed by atoms with Gasteiger partial charge in [0.1, 0.15) is 0 Å². The number of aryl methyl sites for hydroxylation is 2. The van der Waals surface area contributed by atoms with Crippen molar-refractivity contribution < 1.29 is 4.79 Å². The van der Waals surface area contributed by atoms with Gasteiger partial charge in [-0.2, -0.15) is 0 Å². The normalized spacial score (nSPS) is 22.0. The predicted octanol–water partition coefficient (Wildman–Crippen LogP) is 3.34. The average molecular weight is 337 g/mol. The molecule has 2 saturated heterocycles. The molecule has 2 fully saturated rings. The minimum absolute atomic E-state index is 0. The number of halogens is 1. The van der Waals surface area contributed by atoms with Crippen LogP contribution in [0.1, 0.15) is 43.2 Å². The second-order valence-corrected chi connectivity index (χ2v) is 6.94. The van der Waals surface area contributed by atoms with E-state index in [1.54, 1.807) is 0 Å². The number of rotatable bonds is 4. The Labute approximate surface area is 146 Å². The Balaban J connectivity index is 0.00000192. The Morgan fingerprint density at radius 2 is 1.87 bits per heavy atom. The first kappa shape index (κ1) is 18.3. The Morgan fingerprint density at radius 1 is 1.17 bits per heavy atom. The van der Waals surface area contributed by atoms with E-state index < -0.39 is 0 Å². The van der Waals surface area contributed by atoms with Gasteiger partial charge >= 0.3 is 0 Å². The molecule has 0 radical (unpaired) electrons. The average Bonchev–Trinajstić information content (AvgIpc) is 3.09. The summed E-state index contributed by atoms with van der Waals surface area (Å²) in [6, 6.07) is 9.00. The number of hydrogen-bond acceptors (Lipinski definition) is 2. The van der Waals surface area contributed by atoms with Crippen LogP contribution in [-0.2, 0) is 11.2 Å². The molecule has 1 unspecified atom stereocenters. The molecule has 2 aliphatic heterocycles. The lowest BCUT2D eigenvalue weighted by molar-refractivity contribution is -0.134. The first-order valence-corrected chi connectivity index (χ1v) is 8.80. The summed E-state index contributed by atoms with van der Waals surface area (Å²) in [7, 11) is 0. The number of nitrogens with one attached hydrogen (secondary N) is 1. The molecular formula is C19H29ClN2O. The third-order valence-electron chi connectivity index (χ3n) is 5.25. The van der Waals surface area contributed by atoms with Crippen molar-refractivity contribution in [1.82, 2.24) is 10.2 Å². The number of hydrogen-bond donors (Lipinski definition) is 1. The van der Waals surface area contributed by atoms with Gasteiger partial charge in [-0.15, -0.1) is 12.4 Å². The van der Waals surface area contributed by atoms with Crippen molar-refractivity contribution in [2.24, 2.45) is 5.92 Å². The van der Waals surface area contributed by atoms with Crippen LogP contribution in [0.3, 0.4) is 0 Å². The lowest BCUT2D eigenvalue weighted by atomic mass is 9.90. The number of likely N-dealkylation sites (tertiary alicyclic amines) is 1. The van der Waals surface area contributed by atoms with Crippen molar-refractivity contribution in [2.45, 2.75) is 51.5 Å². The highest BCUT2D eigenvalue weighted by Crippen LogP contribution is 2.23. The van der Waals surface area contributed by atoms with Crippen molar-refractivity contribution in [3.8, 4) is 0 Å². The van der Waals surface area contributed by atoms with Crippen molar-refractivity contribution in [3.63, 3.8) is 0 Å². The fourth-order valence-electron chi connectivity index (χ4n) is 3.68. The number of amides is 1. The number of carbonyl (C=O) groups is 1. The highest BCUT2D eigenvalue weighted by atomic mass is 35.5. The number of carbonyl (C=O) groups excluding carboxylic acids is 1. The van der Waals surface area contributed by atoms with E-state index in [-0.39, 0.29) is 18.4 Å². The van der Waals surface area contributed by atoms with E-state index >= 15 is 0 Å². The molecule has 1 amide bonds. The molecule has 2 aliphatic rings. The minimum Gasteiger partial charge on any atom is -0.341 e. The molecule has 1 aromatic carbocycles. The first-order chi connectivity index (χ1) is 10.7. The van der Waals surface area contributed by atoms with E-state index in [2.05, 4.69) is 41.4 Å². The molecule has 0 aromatic heterocycles. The predicted molar refractivity (Wildman–Crippen MR) is 97.1 cm³/mol. The summed E-state index contributed by atoms with van der Waals surface area (Å²) in [5, 5.41) is 3.32. The van der Waals surface area contributed by atoms with Gasteiger partial charge in [0.25, 0.3) is 0 Å². The van der Waals surface area contributed by atoms with Crippen LogP contribution in [0.2, 0.25) is 0 Å². The highest BCUT2D eigenvalue weighted by Gasteiger charge is 2.29. The van der Waals surface area contributed by atoms with Crippen LogP contribution < -0.4 is 5.32 Å². The maximum atomic E-state index is 12.4. The quantitative estimate of drug-likeness (QED) is 0.914. The van der Waals surface area contributed by atoms with E-state index in [0.717, 1.165) is 38.4 Å².